The van der Waals surface area contributed by atoms with Gasteiger partial charge in [0.1, 0.15) is 0 Å². The average molecular weight is 311 g/mol. The SMILES string of the molecule is Cc1cc(C=NCCO)c(C)n1-c1cc(Cl)ccc1Cl. The molecule has 0 radical (unpaired) electrons. The highest BCUT2D eigenvalue weighted by atomic mass is 35.5. The molecule has 1 aromatic heterocycles. The summed E-state index contributed by atoms with van der Waals surface area (Å²) >= 11 is 12.3. The van der Waals surface area contributed by atoms with Gasteiger partial charge >= 0.3 is 0 Å². The molecule has 0 fully saturated rings. The van der Waals surface area contributed by atoms with Crippen molar-refractivity contribution >= 4 is 29.4 Å². The monoisotopic (exact) mass is 310 g/mol. The topological polar surface area (TPSA) is 37.5 Å². The summed E-state index contributed by atoms with van der Waals surface area (Å²) in [5.41, 5.74) is 3.95. The van der Waals surface area contributed by atoms with Gasteiger partial charge in [-0.1, -0.05) is 23.2 Å². The number of aryl methyl sites for hydroxylation is 1. The fraction of sp³-hybridized carbons (Fsp3) is 0.267. The molecule has 1 heterocycles. The maximum absolute atomic E-state index is 8.77. The lowest BCUT2D eigenvalue weighted by molar-refractivity contribution is 0.307. The number of benzene rings is 1. The van der Waals surface area contributed by atoms with Crippen LogP contribution in [0.5, 0.6) is 0 Å². The van der Waals surface area contributed by atoms with Crippen molar-refractivity contribution in [3.8, 4) is 5.69 Å². The minimum atomic E-state index is 0.0510. The van der Waals surface area contributed by atoms with Gasteiger partial charge in [0.25, 0.3) is 0 Å². The molecule has 106 valence electrons. The highest BCUT2D eigenvalue weighted by Crippen LogP contribution is 2.28. The number of hydrogen-bond donors (Lipinski definition) is 1. The van der Waals surface area contributed by atoms with Crippen LogP contribution in [-0.4, -0.2) is 29.0 Å². The van der Waals surface area contributed by atoms with Crippen molar-refractivity contribution in [3.05, 3.63) is 51.3 Å². The van der Waals surface area contributed by atoms with E-state index in [4.69, 9.17) is 28.3 Å². The number of halogens is 2. The Balaban J connectivity index is 2.50. The van der Waals surface area contributed by atoms with Crippen LogP contribution >= 0.6 is 23.2 Å². The smallest absolute Gasteiger partial charge is 0.0656 e. The maximum atomic E-state index is 8.77. The lowest BCUT2D eigenvalue weighted by Crippen LogP contribution is -2.00. The van der Waals surface area contributed by atoms with Gasteiger partial charge in [0.2, 0.25) is 0 Å². The molecule has 0 spiro atoms. The first-order valence-electron chi connectivity index (χ1n) is 6.29. The first-order chi connectivity index (χ1) is 9.54. The summed E-state index contributed by atoms with van der Waals surface area (Å²) in [6.45, 7) is 4.47. The lowest BCUT2D eigenvalue weighted by atomic mass is 10.2. The van der Waals surface area contributed by atoms with Crippen LogP contribution in [0.15, 0.2) is 29.3 Å². The van der Waals surface area contributed by atoms with E-state index >= 15 is 0 Å². The Morgan fingerprint density at radius 2 is 2.00 bits per heavy atom. The molecule has 5 heteroatoms. The third-order valence-corrected chi connectivity index (χ3v) is 3.63. The van der Waals surface area contributed by atoms with Crippen molar-refractivity contribution in [1.29, 1.82) is 0 Å². The molecule has 0 atom stereocenters. The van der Waals surface area contributed by atoms with E-state index in [1.165, 1.54) is 0 Å². The Hall–Kier alpha value is -1.29. The van der Waals surface area contributed by atoms with Crippen molar-refractivity contribution < 1.29 is 5.11 Å². The predicted octanol–water partition coefficient (Wildman–Crippen LogP) is 3.81. The van der Waals surface area contributed by atoms with E-state index in [2.05, 4.69) is 9.56 Å². The number of aromatic nitrogens is 1. The summed E-state index contributed by atoms with van der Waals surface area (Å²) in [6.07, 6.45) is 1.77. The van der Waals surface area contributed by atoms with E-state index < -0.39 is 0 Å². The maximum Gasteiger partial charge on any atom is 0.0656 e. The molecule has 20 heavy (non-hydrogen) atoms. The fourth-order valence-electron chi connectivity index (χ4n) is 2.17. The Kier molecular flexibility index (Phi) is 4.86. The van der Waals surface area contributed by atoms with Gasteiger partial charge in [-0.2, -0.15) is 0 Å². The summed E-state index contributed by atoms with van der Waals surface area (Å²) in [4.78, 5) is 4.16. The van der Waals surface area contributed by atoms with Crippen molar-refractivity contribution in [3.63, 3.8) is 0 Å². The highest BCUT2D eigenvalue weighted by Gasteiger charge is 2.12. The fourth-order valence-corrected chi connectivity index (χ4v) is 2.54. The van der Waals surface area contributed by atoms with Gasteiger partial charge in [-0.15, -0.1) is 0 Å². The Labute approximate surface area is 128 Å². The lowest BCUT2D eigenvalue weighted by Gasteiger charge is -2.12. The molecule has 1 aromatic carbocycles. The summed E-state index contributed by atoms with van der Waals surface area (Å²) in [5.74, 6) is 0. The molecule has 0 aliphatic carbocycles. The molecule has 0 saturated heterocycles. The van der Waals surface area contributed by atoms with E-state index in [1.54, 1.807) is 18.3 Å². The van der Waals surface area contributed by atoms with Crippen LogP contribution in [0.4, 0.5) is 0 Å². The van der Waals surface area contributed by atoms with Crippen molar-refractivity contribution in [2.24, 2.45) is 4.99 Å². The quantitative estimate of drug-likeness (QED) is 0.857. The largest absolute Gasteiger partial charge is 0.394 e. The molecule has 0 aliphatic heterocycles. The summed E-state index contributed by atoms with van der Waals surface area (Å²) < 4.78 is 2.05. The van der Waals surface area contributed by atoms with Gasteiger partial charge in [-0.3, -0.25) is 4.99 Å². The van der Waals surface area contributed by atoms with E-state index in [9.17, 15) is 0 Å². The van der Waals surface area contributed by atoms with E-state index in [-0.39, 0.29) is 6.61 Å². The van der Waals surface area contributed by atoms with Gasteiger partial charge in [0, 0.05) is 28.2 Å². The standard InChI is InChI=1S/C15H16Cl2N2O/c1-10-7-12(9-18-5-6-20)11(2)19(10)15-8-13(16)3-4-14(15)17/h3-4,7-9,20H,5-6H2,1-2H3. The van der Waals surface area contributed by atoms with Gasteiger partial charge in [0.05, 0.1) is 23.9 Å². The number of rotatable bonds is 4. The Morgan fingerprint density at radius 1 is 1.25 bits per heavy atom. The highest BCUT2D eigenvalue weighted by molar-refractivity contribution is 6.34. The zero-order chi connectivity index (χ0) is 14.7. The van der Waals surface area contributed by atoms with Crippen molar-refractivity contribution in [2.75, 3.05) is 13.2 Å². The second-order valence-corrected chi connectivity index (χ2v) is 5.36. The second kappa shape index (κ2) is 6.44. The predicted molar refractivity (Wildman–Crippen MR) is 84.8 cm³/mol. The molecule has 1 N–H and O–H groups in total. The molecule has 0 amide bonds. The molecule has 0 unspecified atom stereocenters. The van der Waals surface area contributed by atoms with Gasteiger partial charge in [-0.25, -0.2) is 0 Å². The molecule has 0 bridgehead atoms. The van der Waals surface area contributed by atoms with Crippen LogP contribution in [0, 0.1) is 13.8 Å². The van der Waals surface area contributed by atoms with Crippen LogP contribution in [0.1, 0.15) is 17.0 Å². The molecular formula is C15H16Cl2N2O. The third kappa shape index (κ3) is 3.06. The number of aliphatic imine (C=N–C) groups is 1. The van der Waals surface area contributed by atoms with Crippen LogP contribution in [0.25, 0.3) is 5.69 Å². The van der Waals surface area contributed by atoms with E-state index in [1.807, 2.05) is 26.0 Å². The van der Waals surface area contributed by atoms with E-state index in [0.29, 0.717) is 16.6 Å². The first-order valence-corrected chi connectivity index (χ1v) is 7.05. The molecule has 2 rings (SSSR count). The minimum absolute atomic E-state index is 0.0510. The number of aliphatic hydroxyl groups excluding tert-OH is 1. The normalized spacial score (nSPS) is 11.4. The molecular weight excluding hydrogens is 295 g/mol. The van der Waals surface area contributed by atoms with E-state index in [0.717, 1.165) is 22.6 Å². The first kappa shape index (κ1) is 15.1. The summed E-state index contributed by atoms with van der Waals surface area (Å²) in [5, 5.41) is 10.1. The second-order valence-electron chi connectivity index (χ2n) is 4.52. The third-order valence-electron chi connectivity index (χ3n) is 3.08. The van der Waals surface area contributed by atoms with Crippen molar-refractivity contribution in [1.82, 2.24) is 4.57 Å². The zero-order valence-electron chi connectivity index (χ0n) is 11.4. The van der Waals surface area contributed by atoms with Crippen molar-refractivity contribution in [2.45, 2.75) is 13.8 Å². The summed E-state index contributed by atoms with van der Waals surface area (Å²) in [6, 6.07) is 7.44. The molecule has 0 aliphatic rings. The van der Waals surface area contributed by atoms with Crippen LogP contribution in [-0.2, 0) is 0 Å². The Morgan fingerprint density at radius 3 is 2.70 bits per heavy atom. The van der Waals surface area contributed by atoms with Gasteiger partial charge < -0.3 is 9.67 Å². The minimum Gasteiger partial charge on any atom is -0.394 e. The molecule has 0 saturated carbocycles. The van der Waals surface area contributed by atoms with Gasteiger partial charge in [-0.05, 0) is 38.1 Å². The number of nitrogens with zero attached hydrogens (tertiary/aromatic N) is 2. The molecule has 3 nitrogen and oxygen atoms in total. The van der Waals surface area contributed by atoms with Crippen LogP contribution < -0.4 is 0 Å². The van der Waals surface area contributed by atoms with Crippen LogP contribution in [0.3, 0.4) is 0 Å². The van der Waals surface area contributed by atoms with Gasteiger partial charge in [0.15, 0.2) is 0 Å². The molecule has 2 aromatic rings. The number of aliphatic hydroxyl groups is 1. The average Bonchev–Trinajstić information content (AvgIpc) is 2.68. The number of hydrogen-bond acceptors (Lipinski definition) is 2. The van der Waals surface area contributed by atoms with Crippen LogP contribution in [0.2, 0.25) is 10.0 Å². The zero-order valence-corrected chi connectivity index (χ0v) is 12.9. The summed E-state index contributed by atoms with van der Waals surface area (Å²) in [7, 11) is 0. The Bertz CT molecular complexity index is 648.